The number of likely N-dealkylation sites (tertiary alicyclic amines) is 1. The van der Waals surface area contributed by atoms with Gasteiger partial charge in [0.25, 0.3) is 0 Å². The van der Waals surface area contributed by atoms with Crippen molar-refractivity contribution < 1.29 is 14.6 Å². The van der Waals surface area contributed by atoms with Crippen LogP contribution in [-0.2, 0) is 6.54 Å². The summed E-state index contributed by atoms with van der Waals surface area (Å²) in [5.74, 6) is 0.0443. The van der Waals surface area contributed by atoms with Crippen molar-refractivity contribution in [3.05, 3.63) is 78.5 Å². The number of aromatic carboxylic acids is 1. The lowest BCUT2D eigenvalue weighted by molar-refractivity contribution is 0.0691. The Bertz CT molecular complexity index is 1030. The van der Waals surface area contributed by atoms with Gasteiger partial charge in [-0.3, -0.25) is 4.90 Å². The van der Waals surface area contributed by atoms with Crippen LogP contribution >= 0.6 is 0 Å². The number of carboxylic acid groups (broad SMARTS) is 1. The molecule has 0 saturated carbocycles. The standard InChI is InChI=1S/C25H28N2O3/c1-2-13-27-18-22(20-7-3-5-9-23(20)27)19-11-14-26(15-12-19)16-17-30-24-10-6-4-8-21(24)25(28)29/h2-10,18-19H,1,11-17H2,(H,28,29). The first kappa shape index (κ1) is 20.2. The Hall–Kier alpha value is -3.05. The highest BCUT2D eigenvalue weighted by Gasteiger charge is 2.23. The number of aromatic nitrogens is 1. The largest absolute Gasteiger partial charge is 0.491 e. The maximum absolute atomic E-state index is 11.3. The van der Waals surface area contributed by atoms with Gasteiger partial charge in [0, 0.05) is 30.2 Å². The Morgan fingerprint density at radius 1 is 1.13 bits per heavy atom. The molecule has 156 valence electrons. The second-order valence-electron chi connectivity index (χ2n) is 7.81. The lowest BCUT2D eigenvalue weighted by Crippen LogP contribution is -2.35. The number of nitrogens with zero attached hydrogens (tertiary/aromatic N) is 2. The van der Waals surface area contributed by atoms with Crippen LogP contribution in [0.2, 0.25) is 0 Å². The van der Waals surface area contributed by atoms with Crippen molar-refractivity contribution >= 4 is 16.9 Å². The van der Waals surface area contributed by atoms with Crippen LogP contribution < -0.4 is 4.74 Å². The zero-order valence-electron chi connectivity index (χ0n) is 17.2. The quantitative estimate of drug-likeness (QED) is 0.549. The SMILES string of the molecule is C=CCn1cc(C2CCN(CCOc3ccccc3C(=O)O)CC2)c2ccccc21. The summed E-state index contributed by atoms with van der Waals surface area (Å²) in [7, 11) is 0. The van der Waals surface area contributed by atoms with Gasteiger partial charge in [-0.2, -0.15) is 0 Å². The van der Waals surface area contributed by atoms with E-state index in [-0.39, 0.29) is 5.56 Å². The average molecular weight is 405 g/mol. The summed E-state index contributed by atoms with van der Waals surface area (Å²) in [6.45, 7) is 8.06. The number of para-hydroxylation sites is 2. The molecule has 0 bridgehead atoms. The average Bonchev–Trinajstić information content (AvgIpc) is 3.13. The van der Waals surface area contributed by atoms with E-state index >= 15 is 0 Å². The summed E-state index contributed by atoms with van der Waals surface area (Å²) in [6.07, 6.45) is 6.49. The number of piperidine rings is 1. The van der Waals surface area contributed by atoms with Crippen LogP contribution in [0.4, 0.5) is 0 Å². The summed E-state index contributed by atoms with van der Waals surface area (Å²) >= 11 is 0. The van der Waals surface area contributed by atoms with Crippen molar-refractivity contribution in [3.8, 4) is 5.75 Å². The molecule has 0 unspecified atom stereocenters. The van der Waals surface area contributed by atoms with Gasteiger partial charge in [0.05, 0.1) is 0 Å². The van der Waals surface area contributed by atoms with Crippen molar-refractivity contribution in [3.63, 3.8) is 0 Å². The molecule has 0 spiro atoms. The van der Waals surface area contributed by atoms with E-state index in [0.29, 0.717) is 18.3 Å². The third-order valence-electron chi connectivity index (χ3n) is 5.96. The Labute approximate surface area is 177 Å². The van der Waals surface area contributed by atoms with Gasteiger partial charge in [0.15, 0.2) is 0 Å². The lowest BCUT2D eigenvalue weighted by Gasteiger charge is -2.31. The highest BCUT2D eigenvalue weighted by molar-refractivity contribution is 5.90. The summed E-state index contributed by atoms with van der Waals surface area (Å²) in [5.41, 5.74) is 2.94. The van der Waals surface area contributed by atoms with Gasteiger partial charge >= 0.3 is 5.97 Å². The first-order valence-corrected chi connectivity index (χ1v) is 10.5. The van der Waals surface area contributed by atoms with Crippen LogP contribution in [0, 0.1) is 0 Å². The van der Waals surface area contributed by atoms with Crippen molar-refractivity contribution in [1.82, 2.24) is 9.47 Å². The van der Waals surface area contributed by atoms with Gasteiger partial charge in [0.1, 0.15) is 17.9 Å². The molecule has 0 atom stereocenters. The van der Waals surface area contributed by atoms with Crippen molar-refractivity contribution in [2.75, 3.05) is 26.2 Å². The molecular weight excluding hydrogens is 376 g/mol. The molecule has 5 nitrogen and oxygen atoms in total. The van der Waals surface area contributed by atoms with Crippen LogP contribution in [0.3, 0.4) is 0 Å². The van der Waals surface area contributed by atoms with E-state index in [1.54, 1.807) is 24.3 Å². The predicted octanol–water partition coefficient (Wildman–Crippen LogP) is 4.78. The smallest absolute Gasteiger partial charge is 0.339 e. The van der Waals surface area contributed by atoms with E-state index in [0.717, 1.165) is 39.0 Å². The minimum atomic E-state index is -0.956. The molecule has 0 radical (unpaired) electrons. The molecule has 30 heavy (non-hydrogen) atoms. The van der Waals surface area contributed by atoms with Gasteiger partial charge in [0.2, 0.25) is 0 Å². The molecule has 0 aliphatic carbocycles. The van der Waals surface area contributed by atoms with Crippen molar-refractivity contribution in [2.24, 2.45) is 0 Å². The van der Waals surface area contributed by atoms with Gasteiger partial charge in [-0.1, -0.05) is 36.4 Å². The number of allylic oxidation sites excluding steroid dienone is 1. The van der Waals surface area contributed by atoms with E-state index in [1.807, 2.05) is 6.08 Å². The van der Waals surface area contributed by atoms with E-state index < -0.39 is 5.97 Å². The second kappa shape index (κ2) is 9.18. The van der Waals surface area contributed by atoms with Crippen LogP contribution in [-0.4, -0.2) is 46.8 Å². The predicted molar refractivity (Wildman–Crippen MR) is 119 cm³/mol. The fourth-order valence-corrected chi connectivity index (χ4v) is 4.41. The third-order valence-corrected chi connectivity index (χ3v) is 5.96. The zero-order valence-corrected chi connectivity index (χ0v) is 17.2. The molecule has 4 rings (SSSR count). The van der Waals surface area contributed by atoms with Crippen LogP contribution in [0.25, 0.3) is 10.9 Å². The number of ether oxygens (including phenoxy) is 1. The van der Waals surface area contributed by atoms with Gasteiger partial charge < -0.3 is 14.4 Å². The molecule has 1 N–H and O–H groups in total. The summed E-state index contributed by atoms with van der Waals surface area (Å²) in [5, 5.41) is 10.6. The Balaban J connectivity index is 1.34. The molecule has 2 aromatic carbocycles. The number of hydrogen-bond donors (Lipinski definition) is 1. The summed E-state index contributed by atoms with van der Waals surface area (Å²) < 4.78 is 8.05. The monoisotopic (exact) mass is 404 g/mol. The maximum atomic E-state index is 11.3. The summed E-state index contributed by atoms with van der Waals surface area (Å²) in [6, 6.07) is 15.4. The van der Waals surface area contributed by atoms with Crippen molar-refractivity contribution in [1.29, 1.82) is 0 Å². The molecule has 1 aliphatic rings. The molecule has 5 heteroatoms. The third kappa shape index (κ3) is 4.26. The second-order valence-corrected chi connectivity index (χ2v) is 7.81. The Kier molecular flexibility index (Phi) is 6.19. The number of fused-ring (bicyclic) bond motifs is 1. The Morgan fingerprint density at radius 3 is 2.63 bits per heavy atom. The van der Waals surface area contributed by atoms with Gasteiger partial charge in [-0.25, -0.2) is 4.79 Å². The molecule has 1 aliphatic heterocycles. The first-order chi connectivity index (χ1) is 14.7. The highest BCUT2D eigenvalue weighted by Crippen LogP contribution is 2.34. The minimum absolute atomic E-state index is 0.215. The molecule has 1 aromatic heterocycles. The topological polar surface area (TPSA) is 54.7 Å². The number of rotatable bonds is 8. The highest BCUT2D eigenvalue weighted by atomic mass is 16.5. The van der Waals surface area contributed by atoms with Gasteiger partial charge in [-0.05, 0) is 55.6 Å². The lowest BCUT2D eigenvalue weighted by atomic mass is 9.89. The van der Waals surface area contributed by atoms with E-state index in [1.165, 1.54) is 16.5 Å². The van der Waals surface area contributed by atoms with Crippen LogP contribution in [0.15, 0.2) is 67.4 Å². The normalized spacial score (nSPS) is 15.3. The first-order valence-electron chi connectivity index (χ1n) is 10.5. The van der Waals surface area contributed by atoms with Crippen molar-refractivity contribution in [2.45, 2.75) is 25.3 Å². The number of hydrogen-bond acceptors (Lipinski definition) is 3. The molecule has 1 fully saturated rings. The minimum Gasteiger partial charge on any atom is -0.491 e. The maximum Gasteiger partial charge on any atom is 0.339 e. The van der Waals surface area contributed by atoms with Crippen LogP contribution in [0.5, 0.6) is 5.75 Å². The fraction of sp³-hybridized carbons (Fsp3) is 0.320. The van der Waals surface area contributed by atoms with Gasteiger partial charge in [-0.15, -0.1) is 6.58 Å². The zero-order chi connectivity index (χ0) is 20.9. The molecule has 2 heterocycles. The number of benzene rings is 2. The van der Waals surface area contributed by atoms with E-state index in [2.05, 4.69) is 46.5 Å². The van der Waals surface area contributed by atoms with E-state index in [4.69, 9.17) is 4.74 Å². The summed E-state index contributed by atoms with van der Waals surface area (Å²) in [4.78, 5) is 13.7. The van der Waals surface area contributed by atoms with Crippen LogP contribution in [0.1, 0.15) is 34.7 Å². The molecule has 1 saturated heterocycles. The fourth-order valence-electron chi connectivity index (χ4n) is 4.41. The number of carboxylic acids is 1. The van der Waals surface area contributed by atoms with E-state index in [9.17, 15) is 9.90 Å². The number of carbonyl (C=O) groups is 1. The molecule has 3 aromatic rings. The molecular formula is C25H28N2O3. The Morgan fingerprint density at radius 2 is 1.87 bits per heavy atom. The molecule has 0 amide bonds.